The molecule has 2 aromatic carbocycles. The van der Waals surface area contributed by atoms with Gasteiger partial charge >= 0.3 is 0 Å². The van der Waals surface area contributed by atoms with Gasteiger partial charge in [-0.25, -0.2) is 13.8 Å². The van der Waals surface area contributed by atoms with Crippen LogP contribution in [0.1, 0.15) is 29.8 Å². The van der Waals surface area contributed by atoms with Crippen LogP contribution in [0.2, 0.25) is 5.02 Å². The van der Waals surface area contributed by atoms with Gasteiger partial charge in [0.05, 0.1) is 23.4 Å². The summed E-state index contributed by atoms with van der Waals surface area (Å²) in [7, 11) is 0. The smallest absolute Gasteiger partial charge is 0.149 e. The van der Waals surface area contributed by atoms with E-state index in [9.17, 15) is 8.78 Å². The van der Waals surface area contributed by atoms with Crippen LogP contribution in [0.15, 0.2) is 60.9 Å². The lowest BCUT2D eigenvalue weighted by atomic mass is 10.1. The first-order chi connectivity index (χ1) is 14.9. The van der Waals surface area contributed by atoms with Gasteiger partial charge in [0.2, 0.25) is 0 Å². The summed E-state index contributed by atoms with van der Waals surface area (Å²) in [6, 6.07) is 12.8. The first kappa shape index (κ1) is 21.2. The normalized spacial score (nSPS) is 12.2. The number of halogens is 3. The first-order valence-corrected chi connectivity index (χ1v) is 10.0. The highest BCUT2D eigenvalue weighted by atomic mass is 35.5. The van der Waals surface area contributed by atoms with Crippen molar-refractivity contribution in [2.75, 3.05) is 0 Å². The lowest BCUT2D eigenvalue weighted by Crippen LogP contribution is -2.05. The Kier molecular flexibility index (Phi) is 6.11. The number of fused-ring (bicyclic) bond motifs is 1. The van der Waals surface area contributed by atoms with Gasteiger partial charge in [-0.05, 0) is 49.7 Å². The van der Waals surface area contributed by atoms with E-state index >= 15 is 0 Å². The van der Waals surface area contributed by atoms with E-state index in [1.807, 2.05) is 12.1 Å². The van der Waals surface area contributed by atoms with Gasteiger partial charge in [-0.1, -0.05) is 29.8 Å². The molecule has 1 unspecified atom stereocenters. The predicted molar refractivity (Wildman–Crippen MR) is 115 cm³/mol. The van der Waals surface area contributed by atoms with E-state index < -0.39 is 17.7 Å². The van der Waals surface area contributed by atoms with E-state index in [1.54, 1.807) is 44.4 Å². The zero-order valence-corrected chi connectivity index (χ0v) is 17.7. The molecule has 158 valence electrons. The fraction of sp³-hybridized carbons (Fsp3) is 0.167. The number of benzene rings is 2. The minimum Gasteiger partial charge on any atom is -0.455 e. The molecular weight excluding hydrogens is 422 g/mol. The van der Waals surface area contributed by atoms with Crippen LogP contribution < -0.4 is 4.74 Å². The van der Waals surface area contributed by atoms with E-state index in [2.05, 4.69) is 9.97 Å². The summed E-state index contributed by atoms with van der Waals surface area (Å²) in [6.07, 6.45) is 2.80. The molecule has 0 spiro atoms. The highest BCUT2D eigenvalue weighted by Crippen LogP contribution is 2.39. The average molecular weight is 441 g/mol. The summed E-state index contributed by atoms with van der Waals surface area (Å²) < 4.78 is 40.3. The topological polar surface area (TPSA) is 44.2 Å². The van der Waals surface area contributed by atoms with E-state index in [0.29, 0.717) is 28.1 Å². The maximum absolute atomic E-state index is 14.2. The average Bonchev–Trinajstić information content (AvgIpc) is 2.77. The SMILES string of the molecule is Cc1nc2c(F)cccc2cc1Oc1ccc(F)c(Cl)c1C(C)OCc1cccnc1. The summed E-state index contributed by atoms with van der Waals surface area (Å²) in [5.41, 5.74) is 2.01. The van der Waals surface area contributed by atoms with Crippen molar-refractivity contribution in [2.45, 2.75) is 26.6 Å². The molecule has 0 saturated carbocycles. The van der Waals surface area contributed by atoms with Crippen LogP contribution >= 0.6 is 11.6 Å². The minimum atomic E-state index is -0.573. The lowest BCUT2D eigenvalue weighted by Gasteiger charge is -2.20. The van der Waals surface area contributed by atoms with Crippen molar-refractivity contribution in [2.24, 2.45) is 0 Å². The molecule has 2 heterocycles. The molecule has 0 aliphatic rings. The van der Waals surface area contributed by atoms with Crippen LogP contribution in [0.5, 0.6) is 11.5 Å². The van der Waals surface area contributed by atoms with Crippen molar-refractivity contribution < 1.29 is 18.3 Å². The molecule has 0 radical (unpaired) electrons. The molecule has 4 nitrogen and oxygen atoms in total. The third kappa shape index (κ3) is 4.50. The van der Waals surface area contributed by atoms with Gasteiger partial charge in [0.15, 0.2) is 0 Å². The van der Waals surface area contributed by atoms with Gasteiger partial charge in [-0.3, -0.25) is 4.98 Å². The Labute approximate surface area is 183 Å². The van der Waals surface area contributed by atoms with Crippen molar-refractivity contribution >= 4 is 22.5 Å². The third-order valence-corrected chi connectivity index (χ3v) is 5.27. The molecule has 0 fully saturated rings. The molecule has 4 rings (SSSR count). The fourth-order valence-corrected chi connectivity index (χ4v) is 3.57. The highest BCUT2D eigenvalue weighted by Gasteiger charge is 2.21. The number of rotatable bonds is 6. The molecule has 0 N–H and O–H groups in total. The second-order valence-electron chi connectivity index (χ2n) is 7.07. The van der Waals surface area contributed by atoms with Crippen LogP contribution in [0, 0.1) is 18.6 Å². The Morgan fingerprint density at radius 1 is 1.03 bits per heavy atom. The van der Waals surface area contributed by atoms with Crippen molar-refractivity contribution in [1.82, 2.24) is 9.97 Å². The number of hydrogen-bond acceptors (Lipinski definition) is 4. The molecule has 4 aromatic rings. The molecule has 2 aromatic heterocycles. The number of aromatic nitrogens is 2. The third-order valence-electron chi connectivity index (χ3n) is 4.88. The monoisotopic (exact) mass is 440 g/mol. The maximum Gasteiger partial charge on any atom is 0.149 e. The summed E-state index contributed by atoms with van der Waals surface area (Å²) in [5.74, 6) is -0.224. The molecule has 1 atom stereocenters. The molecule has 0 aliphatic carbocycles. The largest absolute Gasteiger partial charge is 0.455 e. The number of ether oxygens (including phenoxy) is 2. The second kappa shape index (κ2) is 8.96. The molecule has 31 heavy (non-hydrogen) atoms. The molecular formula is C24H19ClF2N2O2. The van der Waals surface area contributed by atoms with E-state index in [0.717, 1.165) is 5.56 Å². The van der Waals surface area contributed by atoms with Gasteiger partial charge in [-0.2, -0.15) is 0 Å². The van der Waals surface area contributed by atoms with Gasteiger partial charge in [0.1, 0.15) is 28.7 Å². The van der Waals surface area contributed by atoms with Crippen LogP contribution in [0.3, 0.4) is 0 Å². The standard InChI is InChI=1S/C24H19ClF2N2O2/c1-14-21(11-17-6-3-7-19(27)24(17)29-14)31-20-9-8-18(26)23(25)22(20)15(2)30-13-16-5-4-10-28-12-16/h3-12,15H,13H2,1-2H3. The number of pyridine rings is 2. The first-order valence-electron chi connectivity index (χ1n) is 9.66. The van der Waals surface area contributed by atoms with Gasteiger partial charge in [0, 0.05) is 23.3 Å². The van der Waals surface area contributed by atoms with E-state index in [-0.39, 0.29) is 17.1 Å². The van der Waals surface area contributed by atoms with Crippen molar-refractivity contribution in [1.29, 1.82) is 0 Å². The van der Waals surface area contributed by atoms with Crippen LogP contribution in [0.25, 0.3) is 10.9 Å². The zero-order valence-electron chi connectivity index (χ0n) is 16.9. The summed E-state index contributed by atoms with van der Waals surface area (Å²) in [4.78, 5) is 8.37. The number of nitrogens with zero attached hydrogens (tertiary/aromatic N) is 2. The van der Waals surface area contributed by atoms with Gasteiger partial charge in [0.25, 0.3) is 0 Å². The maximum atomic E-state index is 14.2. The Bertz CT molecular complexity index is 1240. The van der Waals surface area contributed by atoms with E-state index in [4.69, 9.17) is 21.1 Å². The lowest BCUT2D eigenvalue weighted by molar-refractivity contribution is 0.0509. The van der Waals surface area contributed by atoms with Crippen LogP contribution in [-0.4, -0.2) is 9.97 Å². The van der Waals surface area contributed by atoms with Crippen molar-refractivity contribution in [3.05, 3.63) is 94.4 Å². The number of para-hydroxylation sites is 1. The number of hydrogen-bond donors (Lipinski definition) is 0. The molecule has 7 heteroatoms. The summed E-state index contributed by atoms with van der Waals surface area (Å²) in [6.45, 7) is 3.76. The minimum absolute atomic E-state index is 0.0753. The van der Waals surface area contributed by atoms with Crippen LogP contribution in [-0.2, 0) is 11.3 Å². The highest BCUT2D eigenvalue weighted by molar-refractivity contribution is 6.31. The Morgan fingerprint density at radius 3 is 2.65 bits per heavy atom. The Morgan fingerprint density at radius 2 is 1.87 bits per heavy atom. The predicted octanol–water partition coefficient (Wildman–Crippen LogP) is 6.94. The molecule has 0 bridgehead atoms. The fourth-order valence-electron chi connectivity index (χ4n) is 3.26. The Hall–Kier alpha value is -3.09. The van der Waals surface area contributed by atoms with E-state index in [1.165, 1.54) is 18.2 Å². The van der Waals surface area contributed by atoms with Crippen molar-refractivity contribution in [3.8, 4) is 11.5 Å². The van der Waals surface area contributed by atoms with Crippen molar-refractivity contribution in [3.63, 3.8) is 0 Å². The van der Waals surface area contributed by atoms with Crippen LogP contribution in [0.4, 0.5) is 8.78 Å². The molecule has 0 aliphatic heterocycles. The van der Waals surface area contributed by atoms with Gasteiger partial charge < -0.3 is 9.47 Å². The zero-order chi connectivity index (χ0) is 22.0. The molecule has 0 saturated heterocycles. The second-order valence-corrected chi connectivity index (χ2v) is 7.45. The molecule has 0 amide bonds. The van der Waals surface area contributed by atoms with Gasteiger partial charge in [-0.15, -0.1) is 0 Å². The quantitative estimate of drug-likeness (QED) is 0.325. The summed E-state index contributed by atoms with van der Waals surface area (Å²) in [5, 5.41) is 0.518. The number of aryl methyl sites for hydroxylation is 1. The Balaban J connectivity index is 1.67. The summed E-state index contributed by atoms with van der Waals surface area (Å²) >= 11 is 6.28.